The molecular formula is C31H24O. The van der Waals surface area contributed by atoms with Crippen molar-refractivity contribution in [1.29, 1.82) is 0 Å². The number of aryl methyl sites for hydroxylation is 2. The third kappa shape index (κ3) is 2.78. The Labute approximate surface area is 187 Å². The van der Waals surface area contributed by atoms with Crippen LogP contribution in [0.4, 0.5) is 0 Å². The fraction of sp³-hybridized carbons (Fsp3) is 0.0968. The third-order valence-corrected chi connectivity index (χ3v) is 6.63. The minimum absolute atomic E-state index is 0.934. The maximum Gasteiger partial charge on any atom is 0.136 e. The van der Waals surface area contributed by atoms with Crippen molar-refractivity contribution in [3.63, 3.8) is 0 Å². The van der Waals surface area contributed by atoms with Crippen LogP contribution in [0.15, 0.2) is 89.4 Å². The highest BCUT2D eigenvalue weighted by Crippen LogP contribution is 2.37. The molecule has 6 aromatic rings. The second-order valence-electron chi connectivity index (χ2n) is 8.66. The van der Waals surface area contributed by atoms with E-state index in [0.29, 0.717) is 0 Å². The van der Waals surface area contributed by atoms with Crippen LogP contribution < -0.4 is 0 Å². The molecule has 0 aliphatic carbocycles. The lowest BCUT2D eigenvalue weighted by molar-refractivity contribution is 0.669. The summed E-state index contributed by atoms with van der Waals surface area (Å²) in [5.41, 5.74) is 8.18. The molecule has 32 heavy (non-hydrogen) atoms. The van der Waals surface area contributed by atoms with Gasteiger partial charge in [0.1, 0.15) is 11.2 Å². The van der Waals surface area contributed by atoms with Crippen LogP contribution in [0, 0.1) is 13.8 Å². The fourth-order valence-corrected chi connectivity index (χ4v) is 5.02. The predicted molar refractivity (Wildman–Crippen MR) is 138 cm³/mol. The van der Waals surface area contributed by atoms with Gasteiger partial charge in [-0.1, -0.05) is 72.3 Å². The summed E-state index contributed by atoms with van der Waals surface area (Å²) in [4.78, 5) is 0. The lowest BCUT2D eigenvalue weighted by Crippen LogP contribution is -1.90. The van der Waals surface area contributed by atoms with E-state index in [4.69, 9.17) is 4.42 Å². The van der Waals surface area contributed by atoms with Gasteiger partial charge < -0.3 is 4.42 Å². The first kappa shape index (κ1) is 18.9. The smallest absolute Gasteiger partial charge is 0.136 e. The standard InChI is InChI=1S/C31H24O/c1-4-7-23-20(3)28-17-21(11-14-24(28)25-13-10-19(2)16-29(23)25)22-12-15-27-26-8-5-6-9-30(26)32-31(27)18-22/h4-18H,1-3H3/b7-4-. The van der Waals surface area contributed by atoms with Crippen molar-refractivity contribution in [1.82, 2.24) is 0 Å². The van der Waals surface area contributed by atoms with Gasteiger partial charge in [-0.15, -0.1) is 0 Å². The summed E-state index contributed by atoms with van der Waals surface area (Å²) in [5, 5.41) is 7.57. The van der Waals surface area contributed by atoms with Crippen molar-refractivity contribution in [3.8, 4) is 11.1 Å². The minimum atomic E-state index is 0.934. The summed E-state index contributed by atoms with van der Waals surface area (Å²) in [6, 6.07) is 28.4. The normalized spacial score (nSPS) is 12.1. The van der Waals surface area contributed by atoms with Crippen LogP contribution in [0.5, 0.6) is 0 Å². The largest absolute Gasteiger partial charge is 0.456 e. The monoisotopic (exact) mass is 412 g/mol. The first-order valence-corrected chi connectivity index (χ1v) is 11.1. The zero-order valence-electron chi connectivity index (χ0n) is 18.6. The van der Waals surface area contributed by atoms with Gasteiger partial charge in [-0.3, -0.25) is 0 Å². The van der Waals surface area contributed by atoms with E-state index < -0.39 is 0 Å². The van der Waals surface area contributed by atoms with E-state index in [2.05, 4.69) is 99.7 Å². The molecule has 154 valence electrons. The Morgan fingerprint density at radius 1 is 0.594 bits per heavy atom. The van der Waals surface area contributed by atoms with Crippen LogP contribution in [-0.4, -0.2) is 0 Å². The summed E-state index contributed by atoms with van der Waals surface area (Å²) in [6.07, 6.45) is 4.37. The van der Waals surface area contributed by atoms with E-state index in [9.17, 15) is 0 Å². The Balaban J connectivity index is 1.61. The first-order valence-electron chi connectivity index (χ1n) is 11.1. The fourth-order valence-electron chi connectivity index (χ4n) is 5.02. The summed E-state index contributed by atoms with van der Waals surface area (Å²) in [5.74, 6) is 0. The molecule has 1 heterocycles. The second kappa shape index (κ2) is 7.10. The van der Waals surface area contributed by atoms with Crippen LogP contribution in [0.2, 0.25) is 0 Å². The van der Waals surface area contributed by atoms with Gasteiger partial charge in [0.2, 0.25) is 0 Å². The van der Waals surface area contributed by atoms with E-state index >= 15 is 0 Å². The quantitative estimate of drug-likeness (QED) is 0.258. The molecule has 1 heteroatoms. The average Bonchev–Trinajstić information content (AvgIpc) is 3.19. The number of rotatable bonds is 2. The maximum absolute atomic E-state index is 6.14. The molecule has 0 unspecified atom stereocenters. The van der Waals surface area contributed by atoms with E-state index in [-0.39, 0.29) is 0 Å². The highest BCUT2D eigenvalue weighted by Gasteiger charge is 2.13. The zero-order chi connectivity index (χ0) is 21.8. The zero-order valence-corrected chi connectivity index (χ0v) is 18.6. The molecule has 0 aliphatic rings. The molecule has 1 aromatic heterocycles. The van der Waals surface area contributed by atoms with Gasteiger partial charge in [0, 0.05) is 10.8 Å². The number of hydrogen-bond donors (Lipinski definition) is 0. The molecule has 5 aromatic carbocycles. The summed E-state index contributed by atoms with van der Waals surface area (Å²) < 4.78 is 6.14. The van der Waals surface area contributed by atoms with Gasteiger partial charge in [0.25, 0.3) is 0 Å². The lowest BCUT2D eigenvalue weighted by Gasteiger charge is -2.15. The number of hydrogen-bond acceptors (Lipinski definition) is 1. The van der Waals surface area contributed by atoms with Crippen LogP contribution in [0.3, 0.4) is 0 Å². The van der Waals surface area contributed by atoms with Crippen molar-refractivity contribution in [2.75, 3.05) is 0 Å². The highest BCUT2D eigenvalue weighted by atomic mass is 16.3. The molecule has 0 amide bonds. The molecule has 0 saturated carbocycles. The number of furan rings is 1. The summed E-state index contributed by atoms with van der Waals surface area (Å²) in [6.45, 7) is 6.49. The molecule has 0 bridgehead atoms. The lowest BCUT2D eigenvalue weighted by atomic mass is 9.89. The number of allylic oxidation sites excluding steroid dienone is 1. The molecule has 0 radical (unpaired) electrons. The Hall–Kier alpha value is -3.84. The Bertz CT molecular complexity index is 1700. The molecular weight excluding hydrogens is 388 g/mol. The molecule has 0 saturated heterocycles. The topological polar surface area (TPSA) is 13.1 Å². The highest BCUT2D eigenvalue weighted by molar-refractivity contribution is 6.14. The number of benzene rings is 5. The van der Waals surface area contributed by atoms with E-state index in [1.807, 2.05) is 12.1 Å². The van der Waals surface area contributed by atoms with Gasteiger partial charge in [-0.25, -0.2) is 0 Å². The molecule has 0 N–H and O–H groups in total. The molecule has 0 spiro atoms. The predicted octanol–water partition coefficient (Wildman–Crippen LogP) is 9.21. The van der Waals surface area contributed by atoms with Crippen LogP contribution in [0.25, 0.3) is 60.7 Å². The first-order chi connectivity index (χ1) is 15.6. The van der Waals surface area contributed by atoms with E-state index in [1.165, 1.54) is 54.7 Å². The van der Waals surface area contributed by atoms with Gasteiger partial charge in [-0.05, 0) is 88.8 Å². The van der Waals surface area contributed by atoms with Gasteiger partial charge in [0.15, 0.2) is 0 Å². The molecule has 1 nitrogen and oxygen atoms in total. The second-order valence-corrected chi connectivity index (χ2v) is 8.66. The van der Waals surface area contributed by atoms with Gasteiger partial charge in [0.05, 0.1) is 0 Å². The van der Waals surface area contributed by atoms with Crippen molar-refractivity contribution < 1.29 is 4.42 Å². The van der Waals surface area contributed by atoms with E-state index in [1.54, 1.807) is 0 Å². The summed E-state index contributed by atoms with van der Waals surface area (Å²) in [7, 11) is 0. The molecule has 0 atom stereocenters. The Morgan fingerprint density at radius 2 is 1.28 bits per heavy atom. The molecule has 6 rings (SSSR count). The summed E-state index contributed by atoms with van der Waals surface area (Å²) >= 11 is 0. The van der Waals surface area contributed by atoms with Gasteiger partial charge >= 0.3 is 0 Å². The van der Waals surface area contributed by atoms with Crippen molar-refractivity contribution >= 4 is 49.6 Å². The van der Waals surface area contributed by atoms with Crippen LogP contribution in [-0.2, 0) is 0 Å². The minimum Gasteiger partial charge on any atom is -0.456 e. The van der Waals surface area contributed by atoms with Crippen LogP contribution >= 0.6 is 0 Å². The van der Waals surface area contributed by atoms with E-state index in [0.717, 1.165) is 16.6 Å². The van der Waals surface area contributed by atoms with Gasteiger partial charge in [-0.2, -0.15) is 0 Å². The molecule has 0 aliphatic heterocycles. The SMILES string of the molecule is C/C=C\c1c(C)c2cc(-c3ccc4c(c3)oc3ccccc34)ccc2c2ccc(C)cc12. The Kier molecular flexibility index (Phi) is 4.19. The van der Waals surface area contributed by atoms with Crippen molar-refractivity contribution in [3.05, 3.63) is 102 Å². The molecule has 0 fully saturated rings. The number of fused-ring (bicyclic) bond motifs is 6. The average molecular weight is 413 g/mol. The van der Waals surface area contributed by atoms with Crippen LogP contribution in [0.1, 0.15) is 23.6 Å². The van der Waals surface area contributed by atoms with Crippen molar-refractivity contribution in [2.24, 2.45) is 0 Å². The number of para-hydroxylation sites is 1. The Morgan fingerprint density at radius 3 is 2.12 bits per heavy atom. The van der Waals surface area contributed by atoms with Crippen molar-refractivity contribution in [2.45, 2.75) is 20.8 Å². The maximum atomic E-state index is 6.14. The third-order valence-electron chi connectivity index (χ3n) is 6.63.